The highest BCUT2D eigenvalue weighted by molar-refractivity contribution is 4.98. The van der Waals surface area contributed by atoms with Gasteiger partial charge < -0.3 is 10.0 Å². The van der Waals surface area contributed by atoms with E-state index in [-0.39, 0.29) is 0 Å². The number of hydrogen-bond donors (Lipinski definition) is 1. The molecule has 1 fully saturated rings. The molecule has 1 heterocycles. The number of aliphatic hydroxyl groups is 1. The molecule has 1 aliphatic heterocycles. The lowest BCUT2D eigenvalue weighted by Gasteiger charge is -2.27. The van der Waals surface area contributed by atoms with Crippen LogP contribution < -0.4 is 0 Å². The van der Waals surface area contributed by atoms with Crippen molar-refractivity contribution in [1.82, 2.24) is 4.90 Å². The second-order valence-corrected chi connectivity index (χ2v) is 3.52. The summed E-state index contributed by atoms with van der Waals surface area (Å²) in [5.74, 6) is 0. The maximum atomic E-state index is 8.61. The van der Waals surface area contributed by atoms with Crippen LogP contribution in [-0.2, 0) is 0 Å². The number of unbranched alkanes of at least 4 members (excludes halogenated alkanes) is 1. The Morgan fingerprint density at radius 1 is 1.25 bits per heavy atom. The molecule has 0 aromatic carbocycles. The van der Waals surface area contributed by atoms with Gasteiger partial charge in [0.25, 0.3) is 0 Å². The maximum absolute atomic E-state index is 8.61. The van der Waals surface area contributed by atoms with Crippen LogP contribution in [0.5, 0.6) is 0 Å². The van der Waals surface area contributed by atoms with E-state index in [1.807, 2.05) is 0 Å². The van der Waals surface area contributed by atoms with Crippen molar-refractivity contribution in [3.05, 3.63) is 12.2 Å². The third kappa shape index (κ3) is 3.37. The molecule has 0 aromatic heterocycles. The summed E-state index contributed by atoms with van der Waals surface area (Å²) >= 11 is 0. The van der Waals surface area contributed by atoms with Crippen LogP contribution >= 0.6 is 0 Å². The Kier molecular flexibility index (Phi) is 4.33. The summed E-state index contributed by atoms with van der Waals surface area (Å²) in [5.41, 5.74) is 1.40. The summed E-state index contributed by atoms with van der Waals surface area (Å²) in [5, 5.41) is 8.61. The standard InChI is InChI=1S/C10H19NO/c1-10-4-7-11(8-5-10)6-2-3-9-12/h12H,1-9H2. The zero-order chi connectivity index (χ0) is 8.81. The van der Waals surface area contributed by atoms with Crippen molar-refractivity contribution in [1.29, 1.82) is 0 Å². The van der Waals surface area contributed by atoms with E-state index in [9.17, 15) is 0 Å². The van der Waals surface area contributed by atoms with Crippen molar-refractivity contribution in [2.75, 3.05) is 26.2 Å². The lowest BCUT2D eigenvalue weighted by atomic mass is 10.1. The molecule has 70 valence electrons. The second kappa shape index (κ2) is 5.33. The molecule has 1 saturated heterocycles. The zero-order valence-electron chi connectivity index (χ0n) is 7.76. The highest BCUT2D eigenvalue weighted by Gasteiger charge is 2.10. The quantitative estimate of drug-likeness (QED) is 0.508. The average molecular weight is 169 g/mol. The van der Waals surface area contributed by atoms with E-state index in [1.54, 1.807) is 0 Å². The van der Waals surface area contributed by atoms with Crippen molar-refractivity contribution in [3.63, 3.8) is 0 Å². The van der Waals surface area contributed by atoms with Gasteiger partial charge >= 0.3 is 0 Å². The van der Waals surface area contributed by atoms with Gasteiger partial charge in [-0.15, -0.1) is 0 Å². The normalized spacial score (nSPS) is 19.9. The van der Waals surface area contributed by atoms with Crippen LogP contribution in [0.4, 0.5) is 0 Å². The second-order valence-electron chi connectivity index (χ2n) is 3.52. The number of aliphatic hydroxyl groups excluding tert-OH is 1. The Hall–Kier alpha value is -0.340. The molecule has 2 nitrogen and oxygen atoms in total. The van der Waals surface area contributed by atoms with E-state index < -0.39 is 0 Å². The van der Waals surface area contributed by atoms with E-state index in [2.05, 4.69) is 11.5 Å². The first-order valence-corrected chi connectivity index (χ1v) is 4.83. The first-order valence-electron chi connectivity index (χ1n) is 4.83. The van der Waals surface area contributed by atoms with E-state index in [0.29, 0.717) is 6.61 Å². The molecule has 0 atom stereocenters. The van der Waals surface area contributed by atoms with Crippen molar-refractivity contribution in [2.24, 2.45) is 0 Å². The van der Waals surface area contributed by atoms with E-state index in [4.69, 9.17) is 5.11 Å². The van der Waals surface area contributed by atoms with Crippen molar-refractivity contribution < 1.29 is 5.11 Å². The lowest BCUT2D eigenvalue weighted by Crippen LogP contribution is -2.31. The molecule has 1 N–H and O–H groups in total. The molecule has 0 unspecified atom stereocenters. The predicted molar refractivity (Wildman–Crippen MR) is 51.1 cm³/mol. The van der Waals surface area contributed by atoms with Crippen LogP contribution in [0.1, 0.15) is 25.7 Å². The summed E-state index contributed by atoms with van der Waals surface area (Å²) in [6, 6.07) is 0. The largest absolute Gasteiger partial charge is 0.396 e. The molecule has 0 spiro atoms. The Labute approximate surface area is 74.9 Å². The van der Waals surface area contributed by atoms with Gasteiger partial charge in [-0.1, -0.05) is 12.2 Å². The van der Waals surface area contributed by atoms with Crippen molar-refractivity contribution in [2.45, 2.75) is 25.7 Å². The van der Waals surface area contributed by atoms with Crippen LogP contribution in [0.3, 0.4) is 0 Å². The molecule has 0 saturated carbocycles. The van der Waals surface area contributed by atoms with Crippen LogP contribution in [0.25, 0.3) is 0 Å². The van der Waals surface area contributed by atoms with E-state index >= 15 is 0 Å². The minimum atomic E-state index is 0.334. The number of piperidine rings is 1. The smallest absolute Gasteiger partial charge is 0.0431 e. The zero-order valence-corrected chi connectivity index (χ0v) is 7.76. The fourth-order valence-electron chi connectivity index (χ4n) is 1.54. The monoisotopic (exact) mass is 169 g/mol. The van der Waals surface area contributed by atoms with Crippen LogP contribution in [0.2, 0.25) is 0 Å². The number of hydrogen-bond acceptors (Lipinski definition) is 2. The van der Waals surface area contributed by atoms with Crippen LogP contribution in [0.15, 0.2) is 12.2 Å². The van der Waals surface area contributed by atoms with Gasteiger partial charge in [-0.2, -0.15) is 0 Å². The van der Waals surface area contributed by atoms with Gasteiger partial charge in [-0.05, 0) is 32.2 Å². The molecule has 0 aromatic rings. The summed E-state index contributed by atoms with van der Waals surface area (Å²) in [6.07, 6.45) is 4.40. The summed E-state index contributed by atoms with van der Waals surface area (Å²) in [7, 11) is 0. The molecule has 1 rings (SSSR count). The number of rotatable bonds is 4. The molecule has 0 radical (unpaired) electrons. The Bertz CT molecular complexity index is 135. The van der Waals surface area contributed by atoms with Crippen molar-refractivity contribution in [3.8, 4) is 0 Å². The minimum Gasteiger partial charge on any atom is -0.396 e. The molecule has 0 bridgehead atoms. The Morgan fingerprint density at radius 2 is 1.92 bits per heavy atom. The van der Waals surface area contributed by atoms with Gasteiger partial charge in [0, 0.05) is 19.7 Å². The Balaban J connectivity index is 2.05. The SMILES string of the molecule is C=C1CCN(CCCCO)CC1. The molecule has 0 aliphatic carbocycles. The molecule has 0 amide bonds. The average Bonchev–Trinajstić information content (AvgIpc) is 2.09. The van der Waals surface area contributed by atoms with Crippen LogP contribution in [0, 0.1) is 0 Å². The first-order chi connectivity index (χ1) is 5.83. The van der Waals surface area contributed by atoms with Gasteiger partial charge in [0.05, 0.1) is 0 Å². The van der Waals surface area contributed by atoms with Gasteiger partial charge in [0.15, 0.2) is 0 Å². The van der Waals surface area contributed by atoms with Gasteiger partial charge in [0.1, 0.15) is 0 Å². The first kappa shape index (κ1) is 9.75. The number of likely N-dealkylation sites (tertiary alicyclic amines) is 1. The molecule has 12 heavy (non-hydrogen) atoms. The number of nitrogens with zero attached hydrogens (tertiary/aromatic N) is 1. The molecule has 2 heteroatoms. The van der Waals surface area contributed by atoms with Crippen molar-refractivity contribution >= 4 is 0 Å². The fourth-order valence-corrected chi connectivity index (χ4v) is 1.54. The highest BCUT2D eigenvalue weighted by Crippen LogP contribution is 2.13. The third-order valence-corrected chi connectivity index (χ3v) is 2.45. The van der Waals surface area contributed by atoms with Crippen LogP contribution in [-0.4, -0.2) is 36.2 Å². The minimum absolute atomic E-state index is 0.334. The topological polar surface area (TPSA) is 23.5 Å². The molecular weight excluding hydrogens is 150 g/mol. The van der Waals surface area contributed by atoms with Gasteiger partial charge in [-0.3, -0.25) is 0 Å². The summed E-state index contributed by atoms with van der Waals surface area (Å²) in [6.45, 7) is 7.80. The van der Waals surface area contributed by atoms with Gasteiger partial charge in [0.2, 0.25) is 0 Å². The predicted octanol–water partition coefficient (Wildman–Crippen LogP) is 1.41. The summed E-state index contributed by atoms with van der Waals surface area (Å²) in [4.78, 5) is 2.46. The lowest BCUT2D eigenvalue weighted by molar-refractivity contribution is 0.231. The fraction of sp³-hybridized carbons (Fsp3) is 0.800. The summed E-state index contributed by atoms with van der Waals surface area (Å²) < 4.78 is 0. The highest BCUT2D eigenvalue weighted by atomic mass is 16.2. The van der Waals surface area contributed by atoms with E-state index in [0.717, 1.165) is 19.4 Å². The van der Waals surface area contributed by atoms with Gasteiger partial charge in [-0.25, -0.2) is 0 Å². The van der Waals surface area contributed by atoms with E-state index in [1.165, 1.54) is 31.5 Å². The molecular formula is C10H19NO. The molecule has 1 aliphatic rings. The third-order valence-electron chi connectivity index (χ3n) is 2.45. The maximum Gasteiger partial charge on any atom is 0.0431 e. The Morgan fingerprint density at radius 3 is 2.50 bits per heavy atom.